The number of hydrogen-bond donors (Lipinski definition) is 3. The van der Waals surface area contributed by atoms with E-state index in [4.69, 9.17) is 21.4 Å². The molecule has 8 rings (SSSR count). The van der Waals surface area contributed by atoms with Crippen LogP contribution in [0.15, 0.2) is 33.2 Å². The molecule has 0 saturated carbocycles. The van der Waals surface area contributed by atoms with Gasteiger partial charge in [-0.05, 0) is 93.1 Å². The fourth-order valence-corrected chi connectivity index (χ4v) is 11.3. The maximum absolute atomic E-state index is 12.9. The van der Waals surface area contributed by atoms with E-state index < -0.39 is 5.97 Å². The Labute approximate surface area is 470 Å². The number of imide groups is 3. The van der Waals surface area contributed by atoms with Gasteiger partial charge in [-0.25, -0.2) is 0 Å². The van der Waals surface area contributed by atoms with Crippen LogP contribution in [0.2, 0.25) is 0 Å². The van der Waals surface area contributed by atoms with E-state index in [1.165, 1.54) is 26.8 Å². The van der Waals surface area contributed by atoms with Crippen LogP contribution in [-0.4, -0.2) is 98.3 Å². The van der Waals surface area contributed by atoms with Crippen molar-refractivity contribution in [3.63, 3.8) is 0 Å². The summed E-state index contributed by atoms with van der Waals surface area (Å²) in [5.41, 5.74) is 17.2. The van der Waals surface area contributed by atoms with Gasteiger partial charge >= 0.3 is 0 Å². The van der Waals surface area contributed by atoms with Crippen LogP contribution in [0.4, 0.5) is 11.4 Å². The van der Waals surface area contributed by atoms with Gasteiger partial charge in [0, 0.05) is 43.6 Å². The summed E-state index contributed by atoms with van der Waals surface area (Å²) in [6.07, 6.45) is 12.7. The predicted molar refractivity (Wildman–Crippen MR) is 298 cm³/mol. The largest absolute Gasteiger partial charge is 0.481 e. The molecule has 5 aromatic rings. The first kappa shape index (κ1) is 65.4. The number of carbonyl (C=O) groups excluding carboxylic acids is 6. The van der Waals surface area contributed by atoms with Crippen molar-refractivity contribution in [3.8, 4) is 0 Å². The predicted octanol–water partition coefficient (Wildman–Crippen LogP) is 12.6. The molecule has 6 amide bonds. The number of hydrogen-bond acceptors (Lipinski definition) is 15. The molecule has 3 unspecified atom stereocenters. The van der Waals surface area contributed by atoms with Crippen molar-refractivity contribution in [2.75, 3.05) is 31.1 Å². The molecule has 406 valence electrons. The molecular weight excluding hydrogens is 1160 g/mol. The van der Waals surface area contributed by atoms with Crippen molar-refractivity contribution >= 4 is 130 Å². The average molecular weight is 1230 g/mol. The minimum Gasteiger partial charge on any atom is -0.481 e. The van der Waals surface area contributed by atoms with Crippen LogP contribution in [-0.2, 0) is 21.9 Å². The molecule has 0 saturated heterocycles. The Morgan fingerprint density at radius 1 is 0.541 bits per heavy atom. The molecule has 17 nitrogen and oxygen atoms in total. The summed E-state index contributed by atoms with van der Waals surface area (Å²) >= 11 is 9.06. The fourth-order valence-electron chi connectivity index (χ4n) is 8.66. The normalized spacial score (nSPS) is 14.4. The standard InChI is InChI=1S/C16H17Br2N3O2S.C16H19N3O2S.C16H23N3O2.C2H4O2.2CH4.Fe/c1-3-5-6-8(4-2)7-21-15(22)9-10(16(21)23)12(18)14-13(11(9)17)19-24-20-14;1-3-5-6-10(4-2)9-19-15(20)11-7-13-14(18-22-17-13)8-12(11)16(19)21;1-3-5-6-10(4-2)9-19-15(20)11-7-13(17)14(18)8-12(11)16(19)21;1-2(3)4;;;/h8H,3-7H2,1-2H3;7-8,10H,3-6,9H2,1-2H3;7-8,10H,3-6,9,17-18H2,1-2H3;1H3,(H,3,4);2*1H4;. The van der Waals surface area contributed by atoms with Gasteiger partial charge < -0.3 is 16.6 Å². The molecule has 5 heterocycles. The topological polar surface area (TPSA) is 253 Å². The van der Waals surface area contributed by atoms with Gasteiger partial charge in [0.1, 0.15) is 22.1 Å². The summed E-state index contributed by atoms with van der Waals surface area (Å²) in [6, 6.07) is 6.42. The number of anilines is 2. The van der Waals surface area contributed by atoms with Crippen LogP contribution >= 0.6 is 55.3 Å². The number of rotatable bonds is 18. The van der Waals surface area contributed by atoms with E-state index in [1.54, 1.807) is 12.1 Å². The molecule has 0 fully saturated rings. The van der Waals surface area contributed by atoms with Crippen molar-refractivity contribution in [1.82, 2.24) is 32.2 Å². The minimum absolute atomic E-state index is 0. The van der Waals surface area contributed by atoms with Crippen LogP contribution in [0.5, 0.6) is 0 Å². The molecule has 74 heavy (non-hydrogen) atoms. The number of halogens is 2. The molecule has 22 heteroatoms. The Balaban J connectivity index is 0.000000360. The van der Waals surface area contributed by atoms with Gasteiger partial charge in [0.25, 0.3) is 41.4 Å². The number of aliphatic carboxylic acids is 1. The quantitative estimate of drug-likeness (QED) is 0.0419. The number of benzene rings is 3. The molecule has 0 spiro atoms. The first-order valence-corrected chi connectivity index (χ1v) is 27.3. The van der Waals surface area contributed by atoms with E-state index in [0.29, 0.717) is 113 Å². The van der Waals surface area contributed by atoms with Gasteiger partial charge in [-0.3, -0.25) is 48.3 Å². The van der Waals surface area contributed by atoms with Crippen molar-refractivity contribution in [1.29, 1.82) is 0 Å². The summed E-state index contributed by atoms with van der Waals surface area (Å²) in [4.78, 5) is 88.8. The number of fused-ring (bicyclic) bond motifs is 5. The first-order valence-electron chi connectivity index (χ1n) is 24.2. The SMILES string of the molecule is C.C.CC(=O)O.CCCCC(CC)CN1C(=O)c2c(c(Br)c3nsnc3c2Br)C1=O.CCCCC(CC)CN1C(=O)c2cc(N)c(N)cc2C1=O.CCCCC(CC)CN1C(=O)c2cc3nsnc3cc2C1=O.[Fe]. The second-order valence-electron chi connectivity index (χ2n) is 17.9. The monoisotopic (exact) mass is 1230 g/mol. The Morgan fingerprint density at radius 2 is 0.811 bits per heavy atom. The van der Waals surface area contributed by atoms with E-state index in [1.807, 2.05) is 0 Å². The van der Waals surface area contributed by atoms with Crippen LogP contribution in [0.25, 0.3) is 22.1 Å². The molecule has 0 radical (unpaired) electrons. The van der Waals surface area contributed by atoms with E-state index in [0.717, 1.165) is 107 Å². The zero-order valence-corrected chi connectivity index (χ0v) is 47.6. The van der Waals surface area contributed by atoms with E-state index in [2.05, 4.69) is 90.9 Å². The average Bonchev–Trinajstić information content (AvgIpc) is 4.17. The van der Waals surface area contributed by atoms with Gasteiger partial charge in [-0.15, -0.1) is 0 Å². The van der Waals surface area contributed by atoms with Crippen LogP contribution in [0, 0.1) is 17.8 Å². The Hall–Kier alpha value is -4.73. The Morgan fingerprint density at radius 3 is 1.09 bits per heavy atom. The molecule has 3 atom stereocenters. The second kappa shape index (κ2) is 30.1. The van der Waals surface area contributed by atoms with Gasteiger partial charge in [-0.1, -0.05) is 114 Å². The maximum Gasteiger partial charge on any atom is 0.300 e. The molecular formula is C52H71Br2FeN9O8S2. The minimum atomic E-state index is -0.833. The van der Waals surface area contributed by atoms with E-state index in [-0.39, 0.29) is 67.4 Å². The van der Waals surface area contributed by atoms with Crippen molar-refractivity contribution < 1.29 is 55.7 Å². The summed E-state index contributed by atoms with van der Waals surface area (Å²) in [6.45, 7) is 15.3. The molecule has 5 N–H and O–H groups in total. The van der Waals surface area contributed by atoms with E-state index >= 15 is 0 Å². The van der Waals surface area contributed by atoms with Crippen LogP contribution < -0.4 is 11.5 Å². The number of carbonyl (C=O) groups is 7. The van der Waals surface area contributed by atoms with Gasteiger partial charge in [0.05, 0.1) is 77.2 Å². The first-order chi connectivity index (χ1) is 33.9. The van der Waals surface area contributed by atoms with Gasteiger partial charge in [-0.2, -0.15) is 17.5 Å². The zero-order chi connectivity index (χ0) is 52.3. The zero-order valence-electron chi connectivity index (χ0n) is 41.7. The molecule has 2 aromatic heterocycles. The molecule has 0 bridgehead atoms. The number of nitrogens with zero attached hydrogens (tertiary/aromatic N) is 7. The van der Waals surface area contributed by atoms with Gasteiger partial charge in [0.15, 0.2) is 0 Å². The number of unbranched alkanes of at least 4 members (excludes halogenated alkanes) is 3. The third-order valence-corrected chi connectivity index (χ3v) is 15.6. The van der Waals surface area contributed by atoms with Gasteiger partial charge in [0.2, 0.25) is 0 Å². The molecule has 3 aliphatic heterocycles. The Bertz CT molecular complexity index is 2660. The molecule has 3 aliphatic rings. The van der Waals surface area contributed by atoms with Crippen LogP contribution in [0.3, 0.4) is 0 Å². The van der Waals surface area contributed by atoms with Crippen molar-refractivity contribution in [2.45, 2.75) is 140 Å². The maximum atomic E-state index is 12.9. The summed E-state index contributed by atoms with van der Waals surface area (Å²) in [7, 11) is 0. The van der Waals surface area contributed by atoms with Crippen molar-refractivity contribution in [2.24, 2.45) is 17.8 Å². The third kappa shape index (κ3) is 14.8. The number of nitrogen functional groups attached to an aromatic ring is 2. The number of amides is 6. The number of carboxylic acid groups (broad SMARTS) is 1. The second-order valence-corrected chi connectivity index (χ2v) is 20.6. The third-order valence-electron chi connectivity index (χ3n) is 13.0. The van der Waals surface area contributed by atoms with Crippen LogP contribution in [0.1, 0.15) is 203 Å². The smallest absolute Gasteiger partial charge is 0.300 e. The summed E-state index contributed by atoms with van der Waals surface area (Å²) in [5.74, 6) is -1.15. The number of carboxylic acids is 1. The fraction of sp³-hybridized carbons (Fsp3) is 0.519. The summed E-state index contributed by atoms with van der Waals surface area (Å²) < 4.78 is 17.9. The number of aromatic nitrogens is 4. The van der Waals surface area contributed by atoms with E-state index in [9.17, 15) is 28.8 Å². The number of nitrogens with two attached hydrogens (primary N) is 2. The van der Waals surface area contributed by atoms with Crippen molar-refractivity contribution in [3.05, 3.63) is 66.6 Å². The molecule has 3 aromatic carbocycles. The summed E-state index contributed by atoms with van der Waals surface area (Å²) in [5, 5.41) is 7.42. The molecule has 0 aliphatic carbocycles. The Kier molecular flexibility index (Phi) is 26.6.